The lowest BCUT2D eigenvalue weighted by Crippen LogP contribution is -2.45. The number of carbonyl (C=O) groups excluding carboxylic acids is 2. The zero-order valence-corrected chi connectivity index (χ0v) is 12.1. The minimum atomic E-state index is -1.25. The van der Waals surface area contributed by atoms with Crippen LogP contribution in [-0.4, -0.2) is 41.4 Å². The normalized spacial score (nSPS) is 13.1. The van der Waals surface area contributed by atoms with Crippen LogP contribution in [0, 0.1) is 0 Å². The predicted octanol–water partition coefficient (Wildman–Crippen LogP) is 0.833. The summed E-state index contributed by atoms with van der Waals surface area (Å²) < 4.78 is 20.7. The summed E-state index contributed by atoms with van der Waals surface area (Å²) in [5.41, 5.74) is 0.830. The molecule has 1 N–H and O–H groups in total. The quantitative estimate of drug-likeness (QED) is 0.787. The first kappa shape index (κ1) is 16.2. The van der Waals surface area contributed by atoms with Gasteiger partial charge in [-0.2, -0.15) is 0 Å². The number of nitrogens with one attached hydrogen (secondary N) is 1. The molecule has 110 valence electrons. The fraction of sp³-hybridized carbons (Fsp3) is 0.385. The maximum atomic E-state index is 11.6. The van der Waals surface area contributed by atoms with Crippen molar-refractivity contribution in [3.8, 4) is 0 Å². The third-order valence-electron chi connectivity index (χ3n) is 2.39. The van der Waals surface area contributed by atoms with Crippen LogP contribution in [-0.2, 0) is 31.7 Å². The van der Waals surface area contributed by atoms with Crippen molar-refractivity contribution < 1.29 is 23.3 Å². The number of ether oxygens (including phenoxy) is 2. The van der Waals surface area contributed by atoms with Gasteiger partial charge in [0.05, 0.1) is 12.9 Å². The molecule has 1 rings (SSSR count). The van der Waals surface area contributed by atoms with E-state index in [1.165, 1.54) is 13.4 Å². The number of methoxy groups -OCH3 is 1. The molecule has 2 atom stereocenters. The summed E-state index contributed by atoms with van der Waals surface area (Å²) in [5, 5.41) is 2.34. The minimum Gasteiger partial charge on any atom is -0.467 e. The third-order valence-corrected chi connectivity index (χ3v) is 3.19. The topological polar surface area (TPSA) is 81.7 Å². The molecule has 7 heteroatoms. The van der Waals surface area contributed by atoms with Gasteiger partial charge in [-0.1, -0.05) is 30.3 Å². The van der Waals surface area contributed by atoms with Gasteiger partial charge in [-0.15, -0.1) is 0 Å². The Morgan fingerprint density at radius 2 is 1.95 bits per heavy atom. The van der Waals surface area contributed by atoms with E-state index >= 15 is 0 Å². The Hall–Kier alpha value is -1.89. The summed E-state index contributed by atoms with van der Waals surface area (Å²) in [6.45, 7) is 0.0930. The summed E-state index contributed by atoms with van der Waals surface area (Å²) in [6, 6.07) is 8.16. The minimum absolute atomic E-state index is 0.0207. The Kier molecular flexibility index (Phi) is 6.72. The van der Waals surface area contributed by atoms with Gasteiger partial charge in [0.2, 0.25) is 0 Å². The van der Waals surface area contributed by atoms with Crippen LogP contribution in [0.1, 0.15) is 5.56 Å². The van der Waals surface area contributed by atoms with Crippen molar-refractivity contribution in [3.63, 3.8) is 0 Å². The van der Waals surface area contributed by atoms with Gasteiger partial charge in [-0.25, -0.2) is 9.59 Å². The summed E-state index contributed by atoms with van der Waals surface area (Å²) in [7, 11) is -0.0460. The molecule has 20 heavy (non-hydrogen) atoms. The van der Waals surface area contributed by atoms with Gasteiger partial charge >= 0.3 is 12.1 Å². The second-order valence-corrected chi connectivity index (χ2v) is 5.50. The first-order valence-electron chi connectivity index (χ1n) is 5.88. The molecular weight excluding hydrogens is 282 g/mol. The summed E-state index contributed by atoms with van der Waals surface area (Å²) >= 11 is 0. The van der Waals surface area contributed by atoms with Crippen LogP contribution in [0.3, 0.4) is 0 Å². The number of benzene rings is 1. The molecule has 1 aromatic rings. The van der Waals surface area contributed by atoms with E-state index in [-0.39, 0.29) is 12.4 Å². The lowest BCUT2D eigenvalue weighted by Gasteiger charge is -2.15. The molecule has 0 aliphatic heterocycles. The molecular formula is C13H17NO5S. The number of esters is 1. The van der Waals surface area contributed by atoms with Crippen molar-refractivity contribution in [2.45, 2.75) is 12.6 Å². The highest BCUT2D eigenvalue weighted by molar-refractivity contribution is 7.84. The molecule has 0 bridgehead atoms. The van der Waals surface area contributed by atoms with Crippen molar-refractivity contribution >= 4 is 22.9 Å². The van der Waals surface area contributed by atoms with E-state index in [4.69, 9.17) is 4.74 Å². The lowest BCUT2D eigenvalue weighted by molar-refractivity contribution is -0.142. The standard InChI is InChI=1S/C13H17NO5S/c1-18-12(15)11(9-20(2)17)14-13(16)19-8-10-6-4-3-5-7-10/h3-7,11H,8-9H2,1-2H3,(H,14,16)/t11-,20?/m0/s1. The number of amides is 1. The highest BCUT2D eigenvalue weighted by Crippen LogP contribution is 2.01. The highest BCUT2D eigenvalue weighted by Gasteiger charge is 2.23. The first-order valence-corrected chi connectivity index (χ1v) is 7.60. The molecule has 6 nitrogen and oxygen atoms in total. The molecule has 0 aliphatic rings. The van der Waals surface area contributed by atoms with Gasteiger partial charge < -0.3 is 14.8 Å². The highest BCUT2D eigenvalue weighted by atomic mass is 32.2. The average Bonchev–Trinajstić information content (AvgIpc) is 2.44. The fourth-order valence-electron chi connectivity index (χ4n) is 1.45. The van der Waals surface area contributed by atoms with E-state index in [9.17, 15) is 13.8 Å². The second-order valence-electron chi connectivity index (χ2n) is 4.02. The zero-order valence-electron chi connectivity index (χ0n) is 11.3. The van der Waals surface area contributed by atoms with Crippen molar-refractivity contribution in [3.05, 3.63) is 35.9 Å². The molecule has 0 fully saturated rings. The van der Waals surface area contributed by atoms with Crippen LogP contribution in [0.2, 0.25) is 0 Å². The first-order chi connectivity index (χ1) is 9.52. The second kappa shape index (κ2) is 8.31. The molecule has 0 aromatic heterocycles. The molecule has 0 spiro atoms. The van der Waals surface area contributed by atoms with Crippen LogP contribution in [0.5, 0.6) is 0 Å². The molecule has 1 amide bonds. The maximum Gasteiger partial charge on any atom is 0.408 e. The summed E-state index contributed by atoms with van der Waals surface area (Å²) in [5.74, 6) is -0.676. The third kappa shape index (κ3) is 5.83. The predicted molar refractivity (Wildman–Crippen MR) is 74.5 cm³/mol. The molecule has 0 aliphatic carbocycles. The molecule has 1 aromatic carbocycles. The Labute approximate surface area is 119 Å². The van der Waals surface area contributed by atoms with Gasteiger partial charge in [0, 0.05) is 17.1 Å². The number of hydrogen-bond donors (Lipinski definition) is 1. The maximum absolute atomic E-state index is 11.6. The fourth-order valence-corrected chi connectivity index (χ4v) is 2.14. The smallest absolute Gasteiger partial charge is 0.408 e. The Morgan fingerprint density at radius 1 is 1.30 bits per heavy atom. The van der Waals surface area contributed by atoms with Gasteiger partial charge in [0.1, 0.15) is 12.6 Å². The van der Waals surface area contributed by atoms with Gasteiger partial charge in [-0.3, -0.25) is 4.21 Å². The summed E-state index contributed by atoms with van der Waals surface area (Å²) in [6.07, 6.45) is 0.683. The average molecular weight is 299 g/mol. The van der Waals surface area contributed by atoms with Crippen molar-refractivity contribution in [2.24, 2.45) is 0 Å². The van der Waals surface area contributed by atoms with E-state index in [1.807, 2.05) is 30.3 Å². The van der Waals surface area contributed by atoms with E-state index in [0.717, 1.165) is 5.56 Å². The van der Waals surface area contributed by atoms with Gasteiger partial charge in [0.15, 0.2) is 0 Å². The van der Waals surface area contributed by atoms with Crippen LogP contribution in [0.4, 0.5) is 4.79 Å². The number of hydrogen-bond acceptors (Lipinski definition) is 5. The Balaban J connectivity index is 2.49. The van der Waals surface area contributed by atoms with E-state index < -0.39 is 28.9 Å². The number of alkyl carbamates (subject to hydrolysis) is 1. The Bertz CT molecular complexity index is 477. The molecule has 1 unspecified atom stereocenters. The van der Waals surface area contributed by atoms with Crippen LogP contribution >= 0.6 is 0 Å². The SMILES string of the molecule is COC(=O)[C@H](CS(C)=O)NC(=O)OCc1ccccc1. The van der Waals surface area contributed by atoms with Crippen molar-refractivity contribution in [1.82, 2.24) is 5.32 Å². The molecule has 0 heterocycles. The summed E-state index contributed by atoms with van der Waals surface area (Å²) in [4.78, 5) is 23.0. The molecule has 0 radical (unpaired) electrons. The largest absolute Gasteiger partial charge is 0.467 e. The van der Waals surface area contributed by atoms with E-state index in [1.54, 1.807) is 0 Å². The molecule has 0 saturated carbocycles. The van der Waals surface area contributed by atoms with Crippen molar-refractivity contribution in [2.75, 3.05) is 19.1 Å². The number of rotatable bonds is 6. The van der Waals surface area contributed by atoms with Gasteiger partial charge in [0.25, 0.3) is 0 Å². The Morgan fingerprint density at radius 3 is 2.50 bits per heavy atom. The monoisotopic (exact) mass is 299 g/mol. The van der Waals surface area contributed by atoms with Crippen LogP contribution < -0.4 is 5.32 Å². The van der Waals surface area contributed by atoms with E-state index in [0.29, 0.717) is 0 Å². The van der Waals surface area contributed by atoms with Crippen molar-refractivity contribution in [1.29, 1.82) is 0 Å². The number of carbonyl (C=O) groups is 2. The molecule has 0 saturated heterocycles. The van der Waals surface area contributed by atoms with Gasteiger partial charge in [-0.05, 0) is 5.56 Å². The van der Waals surface area contributed by atoms with E-state index in [2.05, 4.69) is 10.1 Å². The lowest BCUT2D eigenvalue weighted by atomic mass is 10.2. The van der Waals surface area contributed by atoms with Crippen LogP contribution in [0.15, 0.2) is 30.3 Å². The zero-order chi connectivity index (χ0) is 15.0. The van der Waals surface area contributed by atoms with Crippen LogP contribution in [0.25, 0.3) is 0 Å².